The second kappa shape index (κ2) is 8.29. The monoisotopic (exact) mass is 329 g/mol. The second-order valence-corrected chi connectivity index (χ2v) is 6.88. The predicted octanol–water partition coefficient (Wildman–Crippen LogP) is 1.34. The normalized spacial score (nSPS) is 21.3. The quantitative estimate of drug-likeness (QED) is 0.756. The van der Waals surface area contributed by atoms with Crippen molar-refractivity contribution in [3.05, 3.63) is 35.9 Å². The van der Waals surface area contributed by atoms with Gasteiger partial charge in [0.1, 0.15) is 0 Å². The van der Waals surface area contributed by atoms with Gasteiger partial charge in [0.25, 0.3) is 0 Å². The van der Waals surface area contributed by atoms with Crippen LogP contribution in [0.1, 0.15) is 31.2 Å². The number of nitrogens with one attached hydrogen (secondary N) is 2. The molecule has 130 valence electrons. The summed E-state index contributed by atoms with van der Waals surface area (Å²) < 4.78 is 0. The lowest BCUT2D eigenvalue weighted by molar-refractivity contribution is -0.134. The number of hydrogen-bond donors (Lipinski definition) is 2. The highest BCUT2D eigenvalue weighted by molar-refractivity contribution is 5.88. The molecule has 2 amide bonds. The molecule has 24 heavy (non-hydrogen) atoms. The van der Waals surface area contributed by atoms with E-state index in [-0.39, 0.29) is 24.3 Å². The molecule has 0 aromatic heterocycles. The van der Waals surface area contributed by atoms with Crippen LogP contribution < -0.4 is 10.6 Å². The third kappa shape index (κ3) is 5.06. The van der Waals surface area contributed by atoms with Crippen LogP contribution in [-0.2, 0) is 16.0 Å². The van der Waals surface area contributed by atoms with Gasteiger partial charge in [0, 0.05) is 19.6 Å². The van der Waals surface area contributed by atoms with E-state index in [1.165, 1.54) is 18.4 Å². The van der Waals surface area contributed by atoms with Gasteiger partial charge < -0.3 is 10.6 Å². The van der Waals surface area contributed by atoms with E-state index >= 15 is 0 Å². The Morgan fingerprint density at radius 2 is 2.04 bits per heavy atom. The minimum absolute atomic E-state index is 0.00277. The van der Waals surface area contributed by atoms with Gasteiger partial charge in [0.15, 0.2) is 0 Å². The molecule has 2 aliphatic rings. The van der Waals surface area contributed by atoms with Crippen molar-refractivity contribution in [1.29, 1.82) is 0 Å². The summed E-state index contributed by atoms with van der Waals surface area (Å²) >= 11 is 0. The lowest BCUT2D eigenvalue weighted by atomic mass is 10.1. The van der Waals surface area contributed by atoms with Crippen LogP contribution in [0.25, 0.3) is 0 Å². The molecular formula is C19H27N3O2. The van der Waals surface area contributed by atoms with Gasteiger partial charge >= 0.3 is 0 Å². The Morgan fingerprint density at radius 1 is 1.25 bits per heavy atom. The maximum Gasteiger partial charge on any atom is 0.237 e. The molecule has 1 aliphatic heterocycles. The fraction of sp³-hybridized carbons (Fsp3) is 0.579. The van der Waals surface area contributed by atoms with Crippen molar-refractivity contribution in [2.75, 3.05) is 26.2 Å². The van der Waals surface area contributed by atoms with Gasteiger partial charge in [-0.25, -0.2) is 0 Å². The summed E-state index contributed by atoms with van der Waals surface area (Å²) in [7, 11) is 0. The molecule has 0 unspecified atom stereocenters. The average molecular weight is 329 g/mol. The predicted molar refractivity (Wildman–Crippen MR) is 93.5 cm³/mol. The van der Waals surface area contributed by atoms with E-state index in [0.29, 0.717) is 12.5 Å². The Balaban J connectivity index is 1.47. The van der Waals surface area contributed by atoms with E-state index in [0.717, 1.165) is 32.5 Å². The molecule has 5 nitrogen and oxygen atoms in total. The highest BCUT2D eigenvalue weighted by Gasteiger charge is 2.31. The Bertz CT molecular complexity index is 557. The number of nitrogens with zero attached hydrogens (tertiary/aromatic N) is 1. The molecule has 2 fully saturated rings. The molecule has 2 N–H and O–H groups in total. The summed E-state index contributed by atoms with van der Waals surface area (Å²) in [6, 6.07) is 10.1. The Morgan fingerprint density at radius 3 is 2.79 bits per heavy atom. The van der Waals surface area contributed by atoms with Gasteiger partial charge in [0.2, 0.25) is 11.8 Å². The molecule has 0 spiro atoms. The molecule has 0 bridgehead atoms. The standard InChI is InChI=1S/C19H27N3O2/c23-18(21-14-16-8-9-16)13-17-19(24)20-10-12-22(17)11-4-7-15-5-2-1-3-6-15/h1-3,5-6,16-17H,4,7-14H2,(H,20,24)(H,21,23)/t17-/m0/s1. The fourth-order valence-corrected chi connectivity index (χ4v) is 3.21. The van der Waals surface area contributed by atoms with E-state index in [2.05, 4.69) is 39.8 Å². The van der Waals surface area contributed by atoms with Crippen LogP contribution in [0.5, 0.6) is 0 Å². The van der Waals surface area contributed by atoms with Crippen LogP contribution in [0.2, 0.25) is 0 Å². The first-order valence-electron chi connectivity index (χ1n) is 9.05. The lowest BCUT2D eigenvalue weighted by Gasteiger charge is -2.34. The first kappa shape index (κ1) is 17.0. The Kier molecular flexibility index (Phi) is 5.86. The van der Waals surface area contributed by atoms with Crippen molar-refractivity contribution in [3.63, 3.8) is 0 Å². The highest BCUT2D eigenvalue weighted by atomic mass is 16.2. The Labute approximate surface area is 143 Å². The lowest BCUT2D eigenvalue weighted by Crippen LogP contribution is -2.56. The van der Waals surface area contributed by atoms with Gasteiger partial charge in [-0.1, -0.05) is 30.3 Å². The summed E-state index contributed by atoms with van der Waals surface area (Å²) in [4.78, 5) is 26.5. The van der Waals surface area contributed by atoms with Crippen LogP contribution in [-0.4, -0.2) is 48.9 Å². The van der Waals surface area contributed by atoms with Crippen molar-refractivity contribution in [2.24, 2.45) is 5.92 Å². The molecule has 5 heteroatoms. The van der Waals surface area contributed by atoms with Gasteiger partial charge in [-0.05, 0) is 43.7 Å². The third-order valence-electron chi connectivity index (χ3n) is 4.86. The van der Waals surface area contributed by atoms with Crippen molar-refractivity contribution >= 4 is 11.8 Å². The largest absolute Gasteiger partial charge is 0.356 e. The first-order valence-corrected chi connectivity index (χ1v) is 9.05. The number of carbonyl (C=O) groups excluding carboxylic acids is 2. The summed E-state index contributed by atoms with van der Waals surface area (Å²) in [5, 5.41) is 5.86. The van der Waals surface area contributed by atoms with Crippen molar-refractivity contribution < 1.29 is 9.59 Å². The van der Waals surface area contributed by atoms with Gasteiger partial charge in [-0.2, -0.15) is 0 Å². The average Bonchev–Trinajstić information content (AvgIpc) is 3.41. The van der Waals surface area contributed by atoms with Gasteiger partial charge in [-0.15, -0.1) is 0 Å². The molecule has 1 aliphatic carbocycles. The number of amides is 2. The molecule has 1 saturated heterocycles. The summed E-state index contributed by atoms with van der Waals surface area (Å²) in [6.45, 7) is 3.11. The Hall–Kier alpha value is -1.88. The zero-order valence-corrected chi connectivity index (χ0v) is 14.2. The van der Waals surface area contributed by atoms with E-state index < -0.39 is 0 Å². The molecule has 1 atom stereocenters. The van der Waals surface area contributed by atoms with E-state index in [1.807, 2.05) is 6.07 Å². The minimum atomic E-state index is -0.325. The van der Waals surface area contributed by atoms with Crippen LogP contribution in [0, 0.1) is 5.92 Å². The molecule has 1 saturated carbocycles. The summed E-state index contributed by atoms with van der Waals surface area (Å²) in [6.07, 6.45) is 4.70. The van der Waals surface area contributed by atoms with Crippen LogP contribution in [0.4, 0.5) is 0 Å². The molecule has 3 rings (SSSR count). The molecule has 0 radical (unpaired) electrons. The first-order chi connectivity index (χ1) is 11.7. The number of carbonyl (C=O) groups is 2. The van der Waals surface area contributed by atoms with E-state index in [4.69, 9.17) is 0 Å². The molecular weight excluding hydrogens is 302 g/mol. The van der Waals surface area contributed by atoms with Crippen LogP contribution >= 0.6 is 0 Å². The number of benzene rings is 1. The van der Waals surface area contributed by atoms with Gasteiger partial charge in [0.05, 0.1) is 12.5 Å². The van der Waals surface area contributed by atoms with E-state index in [1.54, 1.807) is 0 Å². The minimum Gasteiger partial charge on any atom is -0.356 e. The molecule has 1 aromatic carbocycles. The maximum atomic E-state index is 12.2. The van der Waals surface area contributed by atoms with Crippen molar-refractivity contribution in [1.82, 2.24) is 15.5 Å². The molecule has 1 aromatic rings. The van der Waals surface area contributed by atoms with Crippen molar-refractivity contribution in [2.45, 2.75) is 38.1 Å². The number of aryl methyl sites for hydroxylation is 1. The molecule has 1 heterocycles. The highest BCUT2D eigenvalue weighted by Crippen LogP contribution is 2.27. The number of piperazine rings is 1. The zero-order chi connectivity index (χ0) is 16.8. The number of hydrogen-bond acceptors (Lipinski definition) is 3. The second-order valence-electron chi connectivity index (χ2n) is 6.88. The SMILES string of the molecule is O=C(C[C@H]1C(=O)NCCN1CCCc1ccccc1)NCC1CC1. The zero-order valence-electron chi connectivity index (χ0n) is 14.2. The number of rotatable bonds is 8. The smallest absolute Gasteiger partial charge is 0.237 e. The van der Waals surface area contributed by atoms with Crippen LogP contribution in [0.3, 0.4) is 0 Å². The fourth-order valence-electron chi connectivity index (χ4n) is 3.21. The topological polar surface area (TPSA) is 61.4 Å². The van der Waals surface area contributed by atoms with Crippen LogP contribution in [0.15, 0.2) is 30.3 Å². The van der Waals surface area contributed by atoms with Gasteiger partial charge in [-0.3, -0.25) is 14.5 Å². The van der Waals surface area contributed by atoms with Crippen molar-refractivity contribution in [3.8, 4) is 0 Å². The summed E-state index contributed by atoms with van der Waals surface area (Å²) in [5.74, 6) is 0.649. The summed E-state index contributed by atoms with van der Waals surface area (Å²) in [5.41, 5.74) is 1.32. The van der Waals surface area contributed by atoms with E-state index in [9.17, 15) is 9.59 Å². The third-order valence-corrected chi connectivity index (χ3v) is 4.86. The maximum absolute atomic E-state index is 12.2.